The Morgan fingerprint density at radius 2 is 1.57 bits per heavy atom. The SMILES string of the molecule is Cc1ccc(CN(c2ccc3c4c5c(ccc24)C=CC(N(c2ccccc2)c2ccc(C)cn2)C5C=C3)C2(C)C=CC=CC2)nc1. The summed E-state index contributed by atoms with van der Waals surface area (Å²) in [5.74, 6) is 1.12. The van der Waals surface area contributed by atoms with Crippen LogP contribution in [0.15, 0.2) is 128 Å². The van der Waals surface area contributed by atoms with Crippen LogP contribution in [0.4, 0.5) is 17.2 Å². The number of rotatable bonds is 7. The second-order valence-corrected chi connectivity index (χ2v) is 13.1. The van der Waals surface area contributed by atoms with E-state index in [1.165, 1.54) is 38.7 Å². The van der Waals surface area contributed by atoms with Crippen LogP contribution in [0.3, 0.4) is 0 Å². The van der Waals surface area contributed by atoms with E-state index in [1.54, 1.807) is 0 Å². The van der Waals surface area contributed by atoms with Crippen LogP contribution in [0, 0.1) is 13.8 Å². The van der Waals surface area contributed by atoms with Crippen molar-refractivity contribution in [1.82, 2.24) is 9.97 Å². The van der Waals surface area contributed by atoms with Crippen molar-refractivity contribution >= 4 is 40.1 Å². The Kier molecular flexibility index (Phi) is 6.94. The molecule has 4 nitrogen and oxygen atoms in total. The van der Waals surface area contributed by atoms with E-state index in [0.717, 1.165) is 35.7 Å². The highest BCUT2D eigenvalue weighted by Gasteiger charge is 2.36. The fraction of sp³-hybridized carbons (Fsp3) is 0.190. The largest absolute Gasteiger partial charge is 0.356 e. The fourth-order valence-electron chi connectivity index (χ4n) is 7.40. The molecule has 0 bridgehead atoms. The maximum Gasteiger partial charge on any atom is 0.133 e. The van der Waals surface area contributed by atoms with Crippen molar-refractivity contribution in [2.24, 2.45) is 0 Å². The number of para-hydroxylation sites is 1. The third kappa shape index (κ3) is 4.85. The van der Waals surface area contributed by atoms with Crippen LogP contribution in [0.5, 0.6) is 0 Å². The Morgan fingerprint density at radius 1 is 0.783 bits per heavy atom. The average Bonchev–Trinajstić information content (AvgIpc) is 3.09. The molecule has 0 radical (unpaired) electrons. The van der Waals surface area contributed by atoms with Gasteiger partial charge in [-0.2, -0.15) is 0 Å². The van der Waals surface area contributed by atoms with E-state index >= 15 is 0 Å². The average molecular weight is 599 g/mol. The van der Waals surface area contributed by atoms with E-state index in [-0.39, 0.29) is 17.5 Å². The second-order valence-electron chi connectivity index (χ2n) is 13.1. The van der Waals surface area contributed by atoms with Crippen LogP contribution in [-0.2, 0) is 6.54 Å². The molecule has 0 amide bonds. The van der Waals surface area contributed by atoms with Gasteiger partial charge in [0.05, 0.1) is 23.8 Å². The predicted molar refractivity (Wildman–Crippen MR) is 193 cm³/mol. The Hall–Kier alpha value is -5.22. The van der Waals surface area contributed by atoms with Crippen molar-refractivity contribution in [3.8, 4) is 0 Å². The lowest BCUT2D eigenvalue weighted by Crippen LogP contribution is -2.45. The lowest BCUT2D eigenvalue weighted by Gasteiger charge is -2.43. The van der Waals surface area contributed by atoms with Crippen LogP contribution in [0.2, 0.25) is 0 Å². The van der Waals surface area contributed by atoms with Gasteiger partial charge in [0, 0.05) is 35.1 Å². The molecule has 3 aliphatic carbocycles. The number of aryl methyl sites for hydroxylation is 2. The Labute approximate surface area is 271 Å². The van der Waals surface area contributed by atoms with Gasteiger partial charge >= 0.3 is 0 Å². The zero-order chi connectivity index (χ0) is 31.3. The molecule has 0 saturated carbocycles. The lowest BCUT2D eigenvalue weighted by molar-refractivity contribution is 0.509. The van der Waals surface area contributed by atoms with E-state index in [1.807, 2.05) is 12.4 Å². The minimum Gasteiger partial charge on any atom is -0.356 e. The maximum absolute atomic E-state index is 4.92. The molecule has 0 N–H and O–H groups in total. The van der Waals surface area contributed by atoms with Crippen LogP contribution in [-0.4, -0.2) is 21.5 Å². The van der Waals surface area contributed by atoms with Crippen LogP contribution >= 0.6 is 0 Å². The molecule has 0 aliphatic heterocycles. The summed E-state index contributed by atoms with van der Waals surface area (Å²) in [6, 6.07) is 28.7. The van der Waals surface area contributed by atoms with E-state index < -0.39 is 0 Å². The summed E-state index contributed by atoms with van der Waals surface area (Å²) in [5, 5.41) is 2.64. The molecule has 46 heavy (non-hydrogen) atoms. The van der Waals surface area contributed by atoms with Gasteiger partial charge in [-0.3, -0.25) is 4.98 Å². The molecule has 4 heteroatoms. The van der Waals surface area contributed by atoms with E-state index in [9.17, 15) is 0 Å². The summed E-state index contributed by atoms with van der Waals surface area (Å²) in [6.45, 7) is 7.26. The molecule has 3 aliphatic rings. The van der Waals surface area contributed by atoms with Gasteiger partial charge in [0.1, 0.15) is 5.82 Å². The standard InChI is InChI=1S/C42H38N4/c1-29-12-18-33(43-26-29)28-45(42(3)24-8-5-9-25-42)37-21-16-31-15-20-36-38(22-17-32-14-19-35(37)40(31)41(32)36)46(34-10-6-4-7-11-34)39-23-13-30(2)27-44-39/h4-24,26-27,36,38H,25,28H2,1-3H3. The number of anilines is 3. The first-order valence-corrected chi connectivity index (χ1v) is 16.2. The summed E-state index contributed by atoms with van der Waals surface area (Å²) in [7, 11) is 0. The number of hydrogen-bond acceptors (Lipinski definition) is 4. The molecular weight excluding hydrogens is 560 g/mol. The zero-order valence-corrected chi connectivity index (χ0v) is 26.6. The van der Waals surface area contributed by atoms with E-state index in [0.29, 0.717) is 0 Å². The molecule has 8 rings (SSSR count). The monoisotopic (exact) mass is 598 g/mol. The van der Waals surface area contributed by atoms with Crippen molar-refractivity contribution in [3.63, 3.8) is 0 Å². The van der Waals surface area contributed by atoms with Gasteiger partial charge in [0.25, 0.3) is 0 Å². The van der Waals surface area contributed by atoms with Gasteiger partial charge in [-0.15, -0.1) is 0 Å². The van der Waals surface area contributed by atoms with E-state index in [2.05, 4.69) is 158 Å². The summed E-state index contributed by atoms with van der Waals surface area (Å²) in [6.07, 6.45) is 23.3. The molecule has 3 atom stereocenters. The Morgan fingerprint density at radius 3 is 2.30 bits per heavy atom. The minimum atomic E-state index is -0.186. The van der Waals surface area contributed by atoms with E-state index in [4.69, 9.17) is 9.97 Å². The molecule has 3 aromatic carbocycles. The number of nitrogens with zero attached hydrogens (tertiary/aromatic N) is 4. The Bertz CT molecular complexity index is 2040. The van der Waals surface area contributed by atoms with Crippen LogP contribution in [0.1, 0.15) is 52.8 Å². The molecule has 5 aromatic rings. The number of allylic oxidation sites excluding steroid dienone is 2. The molecular formula is C42H38N4. The van der Waals surface area contributed by atoms with Gasteiger partial charge in [0.2, 0.25) is 0 Å². The zero-order valence-electron chi connectivity index (χ0n) is 26.6. The first-order valence-electron chi connectivity index (χ1n) is 16.2. The molecule has 2 heterocycles. The van der Waals surface area contributed by atoms with Gasteiger partial charge < -0.3 is 9.80 Å². The van der Waals surface area contributed by atoms with Gasteiger partial charge in [-0.25, -0.2) is 4.98 Å². The topological polar surface area (TPSA) is 32.3 Å². The lowest BCUT2D eigenvalue weighted by atomic mass is 9.75. The van der Waals surface area contributed by atoms with Crippen molar-refractivity contribution < 1.29 is 0 Å². The quantitative estimate of drug-likeness (QED) is 0.187. The fourth-order valence-corrected chi connectivity index (χ4v) is 7.40. The third-order valence-electron chi connectivity index (χ3n) is 9.83. The molecule has 0 saturated heterocycles. The summed E-state index contributed by atoms with van der Waals surface area (Å²) in [5.41, 5.74) is 9.57. The third-order valence-corrected chi connectivity index (χ3v) is 9.83. The first kappa shape index (κ1) is 28.3. The molecule has 0 fully saturated rings. The van der Waals surface area contributed by atoms with Crippen LogP contribution < -0.4 is 9.80 Å². The summed E-state index contributed by atoms with van der Waals surface area (Å²) < 4.78 is 0. The summed E-state index contributed by atoms with van der Waals surface area (Å²) >= 11 is 0. The highest BCUT2D eigenvalue weighted by molar-refractivity contribution is 6.05. The van der Waals surface area contributed by atoms with Crippen LogP contribution in [0.25, 0.3) is 22.9 Å². The molecule has 3 unspecified atom stereocenters. The number of pyridine rings is 2. The number of aromatic nitrogens is 2. The van der Waals surface area contributed by atoms with Crippen molar-refractivity contribution in [1.29, 1.82) is 0 Å². The minimum absolute atomic E-state index is 0.0700. The highest BCUT2D eigenvalue weighted by atomic mass is 15.2. The van der Waals surface area contributed by atoms with Crippen molar-refractivity contribution in [2.45, 2.75) is 51.2 Å². The number of benzene rings is 3. The smallest absolute Gasteiger partial charge is 0.133 e. The van der Waals surface area contributed by atoms with Crippen molar-refractivity contribution in [2.75, 3.05) is 9.80 Å². The molecule has 226 valence electrons. The first-order chi connectivity index (χ1) is 22.5. The predicted octanol–water partition coefficient (Wildman–Crippen LogP) is 9.87. The highest BCUT2D eigenvalue weighted by Crippen LogP contribution is 2.48. The van der Waals surface area contributed by atoms with Gasteiger partial charge in [0.15, 0.2) is 0 Å². The van der Waals surface area contributed by atoms with Gasteiger partial charge in [-0.1, -0.05) is 97.1 Å². The second kappa shape index (κ2) is 11.3. The molecule has 2 aromatic heterocycles. The van der Waals surface area contributed by atoms with Crippen molar-refractivity contribution in [3.05, 3.63) is 161 Å². The summed E-state index contributed by atoms with van der Waals surface area (Å²) in [4.78, 5) is 14.7. The van der Waals surface area contributed by atoms with Gasteiger partial charge in [-0.05, 0) is 90.7 Å². The maximum atomic E-state index is 4.92. The normalized spacial score (nSPS) is 20.7. The number of hydrogen-bond donors (Lipinski definition) is 0. The molecule has 0 spiro atoms. The Balaban J connectivity index is 1.28.